The molecule has 0 spiro atoms. The molecule has 0 aliphatic heterocycles. The number of anilines is 1. The second kappa shape index (κ2) is 7.89. The third-order valence-electron chi connectivity index (χ3n) is 2.78. The Morgan fingerprint density at radius 1 is 1.32 bits per heavy atom. The van der Waals surface area contributed by atoms with Crippen LogP contribution < -0.4 is 4.90 Å². The quantitative estimate of drug-likeness (QED) is 0.416. The Morgan fingerprint density at radius 2 is 1.89 bits per heavy atom. The fourth-order valence-electron chi connectivity index (χ4n) is 1.73. The summed E-state index contributed by atoms with van der Waals surface area (Å²) in [5.41, 5.74) is -0.0865. The van der Waals surface area contributed by atoms with Gasteiger partial charge in [0.25, 0.3) is 0 Å². The predicted octanol–water partition coefficient (Wildman–Crippen LogP) is 3.44. The molecule has 1 heterocycles. The lowest BCUT2D eigenvalue weighted by atomic mass is 10.2. The van der Waals surface area contributed by atoms with Gasteiger partial charge in [0.15, 0.2) is 0 Å². The lowest BCUT2D eigenvalue weighted by Gasteiger charge is -2.22. The van der Waals surface area contributed by atoms with Gasteiger partial charge in [-0.05, 0) is 24.4 Å². The molecular formula is C12H19ClN4O2. The van der Waals surface area contributed by atoms with E-state index in [2.05, 4.69) is 23.8 Å². The van der Waals surface area contributed by atoms with Crippen LogP contribution in [-0.4, -0.2) is 28.0 Å². The molecule has 0 aliphatic rings. The van der Waals surface area contributed by atoms with Crippen molar-refractivity contribution in [3.8, 4) is 0 Å². The Bertz CT molecular complexity index is 420. The topological polar surface area (TPSA) is 72.2 Å². The van der Waals surface area contributed by atoms with Crippen LogP contribution in [0.25, 0.3) is 0 Å². The number of rotatable bonds is 8. The van der Waals surface area contributed by atoms with Gasteiger partial charge in [-0.25, -0.2) is 4.98 Å². The molecule has 1 aromatic rings. The molecule has 106 valence electrons. The molecule has 7 heteroatoms. The Kier molecular flexibility index (Phi) is 6.49. The van der Waals surface area contributed by atoms with Gasteiger partial charge in [-0.3, -0.25) is 10.1 Å². The summed E-state index contributed by atoms with van der Waals surface area (Å²) in [7, 11) is 0. The molecule has 1 rings (SSSR count). The van der Waals surface area contributed by atoms with Gasteiger partial charge in [-0.2, -0.15) is 4.98 Å². The maximum absolute atomic E-state index is 11.0. The first kappa shape index (κ1) is 15.6. The van der Waals surface area contributed by atoms with Crippen LogP contribution in [0, 0.1) is 10.1 Å². The van der Waals surface area contributed by atoms with Crippen LogP contribution >= 0.6 is 11.6 Å². The monoisotopic (exact) mass is 286 g/mol. The summed E-state index contributed by atoms with van der Waals surface area (Å²) < 4.78 is 0. The number of hydrogen-bond donors (Lipinski definition) is 0. The zero-order valence-electron chi connectivity index (χ0n) is 11.3. The van der Waals surface area contributed by atoms with Crippen molar-refractivity contribution in [3.05, 3.63) is 21.6 Å². The van der Waals surface area contributed by atoms with E-state index < -0.39 is 4.92 Å². The van der Waals surface area contributed by atoms with E-state index in [-0.39, 0.29) is 11.0 Å². The Labute approximate surface area is 118 Å². The van der Waals surface area contributed by atoms with E-state index in [9.17, 15) is 10.1 Å². The van der Waals surface area contributed by atoms with E-state index in [4.69, 9.17) is 11.6 Å². The van der Waals surface area contributed by atoms with Crippen molar-refractivity contribution in [3.63, 3.8) is 0 Å². The molecule has 0 aromatic carbocycles. The average molecular weight is 287 g/mol. The second-order valence-electron chi connectivity index (χ2n) is 4.30. The fourth-order valence-corrected chi connectivity index (χ4v) is 1.86. The highest BCUT2D eigenvalue weighted by atomic mass is 35.5. The molecule has 0 radical (unpaired) electrons. The SMILES string of the molecule is CCCCN(CCCC)c1nc(Cl)ncc1[N+](=O)[O-]. The van der Waals surface area contributed by atoms with Crippen LogP contribution in [0.4, 0.5) is 11.5 Å². The van der Waals surface area contributed by atoms with Gasteiger partial charge in [0.1, 0.15) is 6.20 Å². The van der Waals surface area contributed by atoms with Gasteiger partial charge in [0, 0.05) is 13.1 Å². The predicted molar refractivity (Wildman–Crippen MR) is 75.7 cm³/mol. The summed E-state index contributed by atoms with van der Waals surface area (Å²) in [5.74, 6) is 0.326. The molecular weight excluding hydrogens is 268 g/mol. The molecule has 0 unspecified atom stereocenters. The summed E-state index contributed by atoms with van der Waals surface area (Å²) >= 11 is 5.76. The minimum atomic E-state index is -0.462. The van der Waals surface area contributed by atoms with Crippen LogP contribution in [0.15, 0.2) is 6.20 Å². The van der Waals surface area contributed by atoms with Crippen LogP contribution in [-0.2, 0) is 0 Å². The molecule has 0 N–H and O–H groups in total. The molecule has 0 amide bonds. The van der Waals surface area contributed by atoms with Crippen LogP contribution in [0.3, 0.4) is 0 Å². The van der Waals surface area contributed by atoms with E-state index in [0.29, 0.717) is 5.82 Å². The smallest absolute Gasteiger partial charge is 0.329 e. The highest BCUT2D eigenvalue weighted by Gasteiger charge is 2.22. The molecule has 19 heavy (non-hydrogen) atoms. The van der Waals surface area contributed by atoms with Crippen LogP contribution in [0.5, 0.6) is 0 Å². The van der Waals surface area contributed by atoms with E-state index in [1.165, 1.54) is 6.20 Å². The lowest BCUT2D eigenvalue weighted by molar-refractivity contribution is -0.384. The number of halogens is 1. The van der Waals surface area contributed by atoms with Crippen molar-refractivity contribution >= 4 is 23.1 Å². The first-order chi connectivity index (χ1) is 9.10. The van der Waals surface area contributed by atoms with Gasteiger partial charge >= 0.3 is 5.69 Å². The van der Waals surface area contributed by atoms with Crippen molar-refractivity contribution in [2.24, 2.45) is 0 Å². The van der Waals surface area contributed by atoms with E-state index in [0.717, 1.165) is 38.8 Å². The second-order valence-corrected chi connectivity index (χ2v) is 4.64. The third kappa shape index (κ3) is 4.63. The molecule has 0 aliphatic carbocycles. The summed E-state index contributed by atoms with van der Waals surface area (Å²) in [6.45, 7) is 5.65. The zero-order chi connectivity index (χ0) is 14.3. The normalized spacial score (nSPS) is 10.5. The summed E-state index contributed by atoms with van der Waals surface area (Å²) in [5, 5.41) is 11.1. The molecule has 0 saturated carbocycles. The Balaban J connectivity index is 3.03. The van der Waals surface area contributed by atoms with Crippen molar-refractivity contribution in [2.45, 2.75) is 39.5 Å². The van der Waals surface area contributed by atoms with Gasteiger partial charge in [0.2, 0.25) is 11.1 Å². The summed E-state index contributed by atoms with van der Waals surface area (Å²) in [6, 6.07) is 0. The zero-order valence-corrected chi connectivity index (χ0v) is 12.1. The fraction of sp³-hybridized carbons (Fsp3) is 0.667. The van der Waals surface area contributed by atoms with Gasteiger partial charge in [-0.1, -0.05) is 26.7 Å². The first-order valence-corrected chi connectivity index (χ1v) is 6.89. The van der Waals surface area contributed by atoms with Gasteiger partial charge in [-0.15, -0.1) is 0 Å². The van der Waals surface area contributed by atoms with Crippen molar-refractivity contribution in [2.75, 3.05) is 18.0 Å². The van der Waals surface area contributed by atoms with Crippen LogP contribution in [0.1, 0.15) is 39.5 Å². The molecule has 0 saturated heterocycles. The number of hydrogen-bond acceptors (Lipinski definition) is 5. The molecule has 0 fully saturated rings. The van der Waals surface area contributed by atoms with Crippen molar-refractivity contribution in [1.82, 2.24) is 9.97 Å². The number of aromatic nitrogens is 2. The van der Waals surface area contributed by atoms with Gasteiger partial charge in [0.05, 0.1) is 4.92 Å². The van der Waals surface area contributed by atoms with Crippen molar-refractivity contribution < 1.29 is 4.92 Å². The van der Waals surface area contributed by atoms with Crippen LogP contribution in [0.2, 0.25) is 5.28 Å². The first-order valence-electron chi connectivity index (χ1n) is 6.52. The molecule has 6 nitrogen and oxygen atoms in total. The Morgan fingerprint density at radius 3 is 2.37 bits per heavy atom. The lowest BCUT2D eigenvalue weighted by Crippen LogP contribution is -2.27. The van der Waals surface area contributed by atoms with E-state index in [1.807, 2.05) is 4.90 Å². The van der Waals surface area contributed by atoms with Gasteiger partial charge < -0.3 is 4.90 Å². The summed E-state index contributed by atoms with van der Waals surface area (Å²) in [6.07, 6.45) is 5.14. The Hall–Kier alpha value is -1.43. The maximum Gasteiger partial charge on any atom is 0.329 e. The third-order valence-corrected chi connectivity index (χ3v) is 2.96. The molecule has 1 aromatic heterocycles. The molecule has 0 atom stereocenters. The number of unbranched alkanes of at least 4 members (excludes halogenated alkanes) is 2. The minimum absolute atomic E-state index is 0.0404. The average Bonchev–Trinajstić information content (AvgIpc) is 2.38. The number of nitro groups is 1. The minimum Gasteiger partial charge on any atom is -0.351 e. The standard InChI is InChI=1S/C12H19ClN4O2/c1-3-5-7-16(8-6-4-2)11-10(17(18)19)9-14-12(13)15-11/h9H,3-8H2,1-2H3. The summed E-state index contributed by atoms with van der Waals surface area (Å²) in [4.78, 5) is 20.2. The van der Waals surface area contributed by atoms with E-state index >= 15 is 0 Å². The highest BCUT2D eigenvalue weighted by molar-refractivity contribution is 6.28. The molecule has 0 bridgehead atoms. The largest absolute Gasteiger partial charge is 0.351 e. The van der Waals surface area contributed by atoms with Crippen molar-refractivity contribution in [1.29, 1.82) is 0 Å². The highest BCUT2D eigenvalue weighted by Crippen LogP contribution is 2.26. The maximum atomic E-state index is 11.0. The van der Waals surface area contributed by atoms with E-state index in [1.54, 1.807) is 0 Å². The number of nitrogens with zero attached hydrogens (tertiary/aromatic N) is 4.